The summed E-state index contributed by atoms with van der Waals surface area (Å²) in [4.78, 5) is 3.99. The van der Waals surface area contributed by atoms with Crippen LogP contribution in [0.3, 0.4) is 0 Å². The first kappa shape index (κ1) is 19.2. The van der Waals surface area contributed by atoms with E-state index in [1.165, 1.54) is 0 Å². The zero-order valence-corrected chi connectivity index (χ0v) is 18.3. The molecule has 2 aromatic heterocycles. The second-order valence-electron chi connectivity index (χ2n) is 6.51. The quantitative estimate of drug-likeness (QED) is 0.387. The van der Waals surface area contributed by atoms with Crippen molar-refractivity contribution >= 4 is 56.7 Å². The highest BCUT2D eigenvalue weighted by atomic mass is 127. The van der Waals surface area contributed by atoms with Crippen molar-refractivity contribution in [2.45, 2.75) is 38.5 Å². The van der Waals surface area contributed by atoms with Gasteiger partial charge in [-0.2, -0.15) is 5.10 Å². The SMILES string of the molecule is C[C@H](Oc1ccc2c(c1)c(I)nn2C1CCCCO1)c1c(Cl)cncc1Cl. The highest BCUT2D eigenvalue weighted by Gasteiger charge is 2.21. The summed E-state index contributed by atoms with van der Waals surface area (Å²) in [7, 11) is 0. The summed E-state index contributed by atoms with van der Waals surface area (Å²) in [5.41, 5.74) is 1.78. The van der Waals surface area contributed by atoms with Gasteiger partial charge in [0.2, 0.25) is 0 Å². The molecule has 0 aliphatic carbocycles. The van der Waals surface area contributed by atoms with Crippen LogP contribution in [0.1, 0.15) is 44.1 Å². The Morgan fingerprint density at radius 1 is 1.26 bits per heavy atom. The molecule has 1 fully saturated rings. The Hall–Kier alpha value is -1.09. The average Bonchev–Trinajstić information content (AvgIpc) is 2.99. The lowest BCUT2D eigenvalue weighted by Gasteiger charge is -2.23. The molecule has 0 saturated carbocycles. The van der Waals surface area contributed by atoms with E-state index in [1.807, 2.05) is 29.8 Å². The number of benzene rings is 1. The van der Waals surface area contributed by atoms with Crippen molar-refractivity contribution in [3.63, 3.8) is 0 Å². The Labute approximate surface area is 181 Å². The van der Waals surface area contributed by atoms with E-state index < -0.39 is 0 Å². The molecule has 3 heterocycles. The third kappa shape index (κ3) is 3.90. The molecular weight excluding hydrogens is 500 g/mol. The third-order valence-corrected chi connectivity index (χ3v) is 6.07. The van der Waals surface area contributed by atoms with Crippen LogP contribution in [0.5, 0.6) is 5.75 Å². The smallest absolute Gasteiger partial charge is 0.150 e. The summed E-state index contributed by atoms with van der Waals surface area (Å²) in [5.74, 6) is 0.737. The number of aromatic nitrogens is 3. The van der Waals surface area contributed by atoms with Crippen LogP contribution in [0.4, 0.5) is 0 Å². The first-order valence-electron chi connectivity index (χ1n) is 8.79. The molecule has 27 heavy (non-hydrogen) atoms. The summed E-state index contributed by atoms with van der Waals surface area (Å²) in [6.45, 7) is 2.70. The number of hydrogen-bond donors (Lipinski definition) is 0. The van der Waals surface area contributed by atoms with Crippen LogP contribution in [-0.4, -0.2) is 21.4 Å². The molecule has 1 aromatic carbocycles. The standard InChI is InChI=1S/C19H18Cl2IN3O2/c1-11(18-14(20)9-23-10-15(18)21)27-12-5-6-16-13(8-12)19(22)24-25(16)17-4-2-3-7-26-17/h5-6,8-11,17H,2-4,7H2,1H3/t11-,17?/m0/s1. The van der Waals surface area contributed by atoms with Crippen LogP contribution < -0.4 is 4.74 Å². The first-order valence-corrected chi connectivity index (χ1v) is 10.6. The largest absolute Gasteiger partial charge is 0.486 e. The van der Waals surface area contributed by atoms with E-state index in [1.54, 1.807) is 12.4 Å². The lowest BCUT2D eigenvalue weighted by molar-refractivity contribution is -0.0368. The summed E-state index contributed by atoms with van der Waals surface area (Å²) >= 11 is 14.7. The Morgan fingerprint density at radius 3 is 2.74 bits per heavy atom. The van der Waals surface area contributed by atoms with E-state index >= 15 is 0 Å². The van der Waals surface area contributed by atoms with Crippen molar-refractivity contribution in [3.8, 4) is 5.75 Å². The van der Waals surface area contributed by atoms with Crippen molar-refractivity contribution < 1.29 is 9.47 Å². The van der Waals surface area contributed by atoms with Crippen LogP contribution in [-0.2, 0) is 4.74 Å². The fourth-order valence-electron chi connectivity index (χ4n) is 3.36. The molecule has 5 nitrogen and oxygen atoms in total. The van der Waals surface area contributed by atoms with Gasteiger partial charge in [-0.15, -0.1) is 0 Å². The molecule has 1 aliphatic heterocycles. The normalized spacial score (nSPS) is 18.6. The molecule has 1 aliphatic rings. The molecule has 2 atom stereocenters. The van der Waals surface area contributed by atoms with Crippen molar-refractivity contribution in [3.05, 3.63) is 49.9 Å². The molecule has 8 heteroatoms. The summed E-state index contributed by atoms with van der Waals surface area (Å²) in [6.07, 6.45) is 6.11. The molecule has 0 bridgehead atoms. The first-order chi connectivity index (χ1) is 13.0. The highest BCUT2D eigenvalue weighted by molar-refractivity contribution is 14.1. The Kier molecular flexibility index (Phi) is 5.78. The molecular formula is C19H18Cl2IN3O2. The van der Waals surface area contributed by atoms with Gasteiger partial charge < -0.3 is 9.47 Å². The number of halogens is 3. The molecule has 4 rings (SSSR count). The Balaban J connectivity index is 1.63. The van der Waals surface area contributed by atoms with E-state index in [-0.39, 0.29) is 12.3 Å². The van der Waals surface area contributed by atoms with Crippen molar-refractivity contribution in [2.75, 3.05) is 6.61 Å². The fourth-order valence-corrected chi connectivity index (χ4v) is 4.70. The zero-order chi connectivity index (χ0) is 19.0. The van der Waals surface area contributed by atoms with Crippen LogP contribution >= 0.6 is 45.8 Å². The molecule has 3 aromatic rings. The summed E-state index contributed by atoms with van der Waals surface area (Å²) < 4.78 is 14.9. The van der Waals surface area contributed by atoms with E-state index in [0.717, 1.165) is 51.8 Å². The molecule has 0 amide bonds. The summed E-state index contributed by atoms with van der Waals surface area (Å²) in [5, 5.41) is 6.72. The number of pyridine rings is 1. The van der Waals surface area contributed by atoms with Gasteiger partial charge >= 0.3 is 0 Å². The van der Waals surface area contributed by atoms with Gasteiger partial charge in [-0.05, 0) is 67.0 Å². The van der Waals surface area contributed by atoms with Gasteiger partial charge in [-0.1, -0.05) is 23.2 Å². The minimum atomic E-state index is -0.306. The maximum Gasteiger partial charge on any atom is 0.150 e. The predicted molar refractivity (Wildman–Crippen MR) is 115 cm³/mol. The number of ether oxygens (including phenoxy) is 2. The van der Waals surface area contributed by atoms with Gasteiger partial charge in [0.1, 0.15) is 15.6 Å². The number of rotatable bonds is 4. The Morgan fingerprint density at radius 2 is 2.04 bits per heavy atom. The molecule has 0 N–H and O–H groups in total. The molecule has 142 valence electrons. The monoisotopic (exact) mass is 517 g/mol. The second kappa shape index (κ2) is 8.11. The van der Waals surface area contributed by atoms with Gasteiger partial charge in [0.15, 0.2) is 6.23 Å². The summed E-state index contributed by atoms with van der Waals surface area (Å²) in [6, 6.07) is 5.97. The van der Waals surface area contributed by atoms with Gasteiger partial charge in [0.05, 0.1) is 15.6 Å². The van der Waals surface area contributed by atoms with E-state index in [0.29, 0.717) is 10.0 Å². The van der Waals surface area contributed by atoms with Crippen molar-refractivity contribution in [1.29, 1.82) is 0 Å². The topological polar surface area (TPSA) is 49.2 Å². The zero-order valence-electron chi connectivity index (χ0n) is 14.7. The van der Waals surface area contributed by atoms with E-state index in [9.17, 15) is 0 Å². The van der Waals surface area contributed by atoms with Gasteiger partial charge in [-0.25, -0.2) is 4.68 Å². The maximum atomic E-state index is 6.24. The van der Waals surface area contributed by atoms with Crippen LogP contribution in [0, 0.1) is 3.70 Å². The fraction of sp³-hybridized carbons (Fsp3) is 0.368. The van der Waals surface area contributed by atoms with Crippen LogP contribution in [0.2, 0.25) is 10.0 Å². The second-order valence-corrected chi connectivity index (χ2v) is 8.35. The molecule has 1 unspecified atom stereocenters. The van der Waals surface area contributed by atoms with Crippen molar-refractivity contribution in [1.82, 2.24) is 14.8 Å². The Bertz CT molecular complexity index is 953. The minimum Gasteiger partial charge on any atom is -0.486 e. The number of fused-ring (bicyclic) bond motifs is 1. The van der Waals surface area contributed by atoms with E-state index in [2.05, 4.69) is 27.6 Å². The predicted octanol–water partition coefficient (Wildman–Crippen LogP) is 6.18. The van der Waals surface area contributed by atoms with Crippen LogP contribution in [0.25, 0.3) is 10.9 Å². The average molecular weight is 518 g/mol. The molecule has 0 radical (unpaired) electrons. The maximum absolute atomic E-state index is 6.24. The highest BCUT2D eigenvalue weighted by Crippen LogP contribution is 2.35. The van der Waals surface area contributed by atoms with Gasteiger partial charge in [-0.3, -0.25) is 4.98 Å². The van der Waals surface area contributed by atoms with Crippen LogP contribution in [0.15, 0.2) is 30.6 Å². The van der Waals surface area contributed by atoms with Gasteiger partial charge in [0.25, 0.3) is 0 Å². The lowest BCUT2D eigenvalue weighted by atomic mass is 10.1. The van der Waals surface area contributed by atoms with E-state index in [4.69, 9.17) is 37.8 Å². The van der Waals surface area contributed by atoms with Gasteiger partial charge in [0, 0.05) is 30.0 Å². The number of hydrogen-bond acceptors (Lipinski definition) is 4. The molecule has 1 saturated heterocycles. The number of nitrogens with zero attached hydrogens (tertiary/aromatic N) is 3. The minimum absolute atomic E-state index is 0.00453. The molecule has 0 spiro atoms. The third-order valence-electron chi connectivity index (χ3n) is 4.67. The lowest BCUT2D eigenvalue weighted by Crippen LogP contribution is -2.19. The van der Waals surface area contributed by atoms with Crippen molar-refractivity contribution in [2.24, 2.45) is 0 Å².